The number of benzene rings is 1. The molecule has 0 saturated heterocycles. The van der Waals surface area contributed by atoms with Crippen LogP contribution < -0.4 is 5.32 Å². The molecule has 3 N–H and O–H groups in total. The first-order valence-corrected chi connectivity index (χ1v) is 5.72. The molecule has 1 aromatic carbocycles. The third-order valence-corrected chi connectivity index (χ3v) is 2.60. The van der Waals surface area contributed by atoms with Gasteiger partial charge in [-0.15, -0.1) is 0 Å². The van der Waals surface area contributed by atoms with E-state index in [4.69, 9.17) is 4.74 Å². The van der Waals surface area contributed by atoms with E-state index in [-0.39, 0.29) is 0 Å². The number of nitrogens with one attached hydrogen (secondary N) is 1. The van der Waals surface area contributed by atoms with Gasteiger partial charge in [-0.2, -0.15) is 0 Å². The van der Waals surface area contributed by atoms with Gasteiger partial charge in [0.1, 0.15) is 0 Å². The molecule has 1 aromatic rings. The average Bonchev–Trinajstić information content (AvgIpc) is 2.30. The van der Waals surface area contributed by atoms with Crippen molar-refractivity contribution in [1.82, 2.24) is 5.32 Å². The summed E-state index contributed by atoms with van der Waals surface area (Å²) in [6.45, 7) is 2.83. The van der Waals surface area contributed by atoms with Crippen LogP contribution in [0.2, 0.25) is 0 Å². The molecule has 96 valence electrons. The first kappa shape index (κ1) is 14.1. The third kappa shape index (κ3) is 4.83. The lowest BCUT2D eigenvalue weighted by Gasteiger charge is -2.25. The highest BCUT2D eigenvalue weighted by Crippen LogP contribution is 2.18. The molecule has 0 spiro atoms. The molecule has 0 fully saturated rings. The Hall–Kier alpha value is -0.940. The molecule has 1 rings (SSSR count). The molecule has 0 aliphatic carbocycles. The quantitative estimate of drug-likeness (QED) is 0.648. The number of aliphatic hydroxyl groups is 2. The van der Waals surface area contributed by atoms with Gasteiger partial charge in [-0.3, -0.25) is 0 Å². The lowest BCUT2D eigenvalue weighted by atomic mass is 9.96. The molecular formula is C13H21NO3. The van der Waals surface area contributed by atoms with E-state index in [0.29, 0.717) is 19.7 Å². The molecule has 0 radical (unpaired) electrons. The highest BCUT2D eigenvalue weighted by molar-refractivity contribution is 5.21. The largest absolute Gasteiger partial charge is 0.389 e. The highest BCUT2D eigenvalue weighted by atomic mass is 16.5. The van der Waals surface area contributed by atoms with E-state index >= 15 is 0 Å². The molecule has 0 aliphatic heterocycles. The number of hydrogen-bond acceptors (Lipinski definition) is 4. The lowest BCUT2D eigenvalue weighted by molar-refractivity contribution is 0.0396. The van der Waals surface area contributed by atoms with Crippen molar-refractivity contribution in [2.24, 2.45) is 0 Å². The summed E-state index contributed by atoms with van der Waals surface area (Å²) < 4.78 is 4.82. The molecule has 2 atom stereocenters. The van der Waals surface area contributed by atoms with Crippen LogP contribution >= 0.6 is 0 Å². The van der Waals surface area contributed by atoms with Gasteiger partial charge in [0.15, 0.2) is 0 Å². The molecule has 17 heavy (non-hydrogen) atoms. The predicted molar refractivity (Wildman–Crippen MR) is 66.8 cm³/mol. The van der Waals surface area contributed by atoms with Crippen LogP contribution in [0.15, 0.2) is 30.3 Å². The van der Waals surface area contributed by atoms with Gasteiger partial charge in [0.2, 0.25) is 0 Å². The monoisotopic (exact) mass is 239 g/mol. The maximum Gasteiger partial charge on any atom is 0.0992 e. The van der Waals surface area contributed by atoms with E-state index < -0.39 is 11.7 Å². The fourth-order valence-corrected chi connectivity index (χ4v) is 1.63. The van der Waals surface area contributed by atoms with Crippen LogP contribution in [0.3, 0.4) is 0 Å². The van der Waals surface area contributed by atoms with Crippen LogP contribution in [0, 0.1) is 0 Å². The van der Waals surface area contributed by atoms with Crippen molar-refractivity contribution >= 4 is 0 Å². The predicted octanol–water partition coefficient (Wildman–Crippen LogP) is 0.491. The van der Waals surface area contributed by atoms with Gasteiger partial charge in [0, 0.05) is 20.2 Å². The Labute approximate surface area is 102 Å². The summed E-state index contributed by atoms with van der Waals surface area (Å²) in [5, 5.41) is 22.7. The lowest BCUT2D eigenvalue weighted by Crippen LogP contribution is -2.39. The number of hydrogen-bond donors (Lipinski definition) is 3. The number of aliphatic hydroxyl groups excluding tert-OH is 1. The molecular weight excluding hydrogens is 218 g/mol. The molecule has 0 heterocycles. The second-order valence-corrected chi connectivity index (χ2v) is 4.38. The zero-order valence-corrected chi connectivity index (χ0v) is 10.4. The molecule has 0 saturated carbocycles. The normalized spacial score (nSPS) is 16.5. The maximum absolute atomic E-state index is 10.3. The fraction of sp³-hybridized carbons (Fsp3) is 0.538. The Morgan fingerprint density at radius 1 is 1.35 bits per heavy atom. The van der Waals surface area contributed by atoms with Gasteiger partial charge in [0.25, 0.3) is 0 Å². The molecule has 0 aliphatic rings. The van der Waals surface area contributed by atoms with E-state index in [0.717, 1.165) is 5.56 Å². The zero-order valence-electron chi connectivity index (χ0n) is 10.4. The zero-order chi connectivity index (χ0) is 12.7. The summed E-state index contributed by atoms with van der Waals surface area (Å²) in [5.74, 6) is 0. The number of rotatable bonds is 7. The smallest absolute Gasteiger partial charge is 0.0992 e. The van der Waals surface area contributed by atoms with Crippen LogP contribution in [0.4, 0.5) is 0 Å². The maximum atomic E-state index is 10.3. The van der Waals surface area contributed by atoms with Gasteiger partial charge in [0.05, 0.1) is 18.3 Å². The second-order valence-electron chi connectivity index (χ2n) is 4.38. The van der Waals surface area contributed by atoms with Crippen LogP contribution in [0.5, 0.6) is 0 Å². The molecule has 0 bridgehead atoms. The molecule has 4 heteroatoms. The van der Waals surface area contributed by atoms with Crippen LogP contribution in [0.25, 0.3) is 0 Å². The first-order valence-electron chi connectivity index (χ1n) is 5.72. The number of ether oxygens (including phenoxy) is 1. The van der Waals surface area contributed by atoms with E-state index in [1.165, 1.54) is 0 Å². The van der Waals surface area contributed by atoms with Crippen LogP contribution in [-0.2, 0) is 10.3 Å². The molecule has 4 nitrogen and oxygen atoms in total. The first-order chi connectivity index (χ1) is 8.06. The van der Waals surface area contributed by atoms with Crippen molar-refractivity contribution in [2.45, 2.75) is 18.6 Å². The van der Waals surface area contributed by atoms with Crippen molar-refractivity contribution < 1.29 is 14.9 Å². The Morgan fingerprint density at radius 2 is 2.00 bits per heavy atom. The average molecular weight is 239 g/mol. The third-order valence-electron chi connectivity index (χ3n) is 2.60. The Morgan fingerprint density at radius 3 is 2.59 bits per heavy atom. The highest BCUT2D eigenvalue weighted by Gasteiger charge is 2.22. The van der Waals surface area contributed by atoms with Crippen molar-refractivity contribution in [1.29, 1.82) is 0 Å². The standard InChI is InChI=1S/C13H21NO3/c1-13(16,11-6-4-3-5-7-11)10-14-8-12(15)9-17-2/h3-7,12,14-16H,8-10H2,1-2H3. The summed E-state index contributed by atoms with van der Waals surface area (Å²) in [4.78, 5) is 0. The summed E-state index contributed by atoms with van der Waals surface area (Å²) in [7, 11) is 1.54. The molecule has 2 unspecified atom stereocenters. The minimum atomic E-state index is -0.936. The van der Waals surface area contributed by atoms with Gasteiger partial charge in [-0.05, 0) is 12.5 Å². The topological polar surface area (TPSA) is 61.7 Å². The van der Waals surface area contributed by atoms with E-state index in [9.17, 15) is 10.2 Å². The van der Waals surface area contributed by atoms with Crippen LogP contribution in [-0.4, -0.2) is 43.1 Å². The molecule has 0 amide bonds. The summed E-state index contributed by atoms with van der Waals surface area (Å²) in [6.07, 6.45) is -0.549. The molecule has 0 aromatic heterocycles. The Balaban J connectivity index is 2.40. The van der Waals surface area contributed by atoms with Crippen molar-refractivity contribution in [2.75, 3.05) is 26.8 Å². The second kappa shape index (κ2) is 6.71. The Kier molecular flexibility index (Phi) is 5.58. The van der Waals surface area contributed by atoms with E-state index in [2.05, 4.69) is 5.32 Å². The van der Waals surface area contributed by atoms with Gasteiger partial charge in [-0.25, -0.2) is 0 Å². The van der Waals surface area contributed by atoms with E-state index in [1.807, 2.05) is 30.3 Å². The van der Waals surface area contributed by atoms with Crippen LogP contribution in [0.1, 0.15) is 12.5 Å². The fourth-order valence-electron chi connectivity index (χ4n) is 1.63. The SMILES string of the molecule is COCC(O)CNCC(C)(O)c1ccccc1. The Bertz CT molecular complexity index is 314. The summed E-state index contributed by atoms with van der Waals surface area (Å²) in [6, 6.07) is 9.46. The van der Waals surface area contributed by atoms with Crippen molar-refractivity contribution in [3.8, 4) is 0 Å². The summed E-state index contributed by atoms with van der Waals surface area (Å²) >= 11 is 0. The van der Waals surface area contributed by atoms with Gasteiger partial charge >= 0.3 is 0 Å². The van der Waals surface area contributed by atoms with E-state index in [1.54, 1.807) is 14.0 Å². The van der Waals surface area contributed by atoms with Gasteiger partial charge in [-0.1, -0.05) is 30.3 Å². The minimum Gasteiger partial charge on any atom is -0.389 e. The summed E-state index contributed by atoms with van der Waals surface area (Å²) in [5.41, 5.74) is -0.0811. The minimum absolute atomic E-state index is 0.292. The van der Waals surface area contributed by atoms with Gasteiger partial charge < -0.3 is 20.3 Å². The van der Waals surface area contributed by atoms with Crippen molar-refractivity contribution in [3.63, 3.8) is 0 Å². The van der Waals surface area contributed by atoms with Crippen molar-refractivity contribution in [3.05, 3.63) is 35.9 Å². The number of methoxy groups -OCH3 is 1.